The second-order valence-electron chi connectivity index (χ2n) is 4.67. The van der Waals surface area contributed by atoms with Crippen LogP contribution in [0.2, 0.25) is 0 Å². The number of phenols is 2. The molecule has 0 amide bonds. The number of hydrogen-bond acceptors (Lipinski definition) is 3. The largest absolute Gasteiger partial charge is 0.508 e. The van der Waals surface area contributed by atoms with Crippen LogP contribution in [0.3, 0.4) is 0 Å². The maximum atomic E-state index is 9.74. The molecule has 100 valence electrons. The summed E-state index contributed by atoms with van der Waals surface area (Å²) in [4.78, 5) is 0. The molecule has 0 aliphatic heterocycles. The second-order valence-corrected chi connectivity index (χ2v) is 4.67. The van der Waals surface area contributed by atoms with Crippen LogP contribution in [0.1, 0.15) is 5.56 Å². The Morgan fingerprint density at radius 3 is 2.45 bits per heavy atom. The highest BCUT2D eigenvalue weighted by Crippen LogP contribution is 2.33. The summed E-state index contributed by atoms with van der Waals surface area (Å²) in [6.45, 7) is 3.72. The summed E-state index contributed by atoms with van der Waals surface area (Å²) in [5.74, 6) is 1.14. The lowest BCUT2D eigenvalue weighted by atomic mass is 10.1. The number of furan rings is 1. The molecule has 0 saturated carbocycles. The minimum absolute atomic E-state index is 0.215. The van der Waals surface area contributed by atoms with Gasteiger partial charge in [0.25, 0.3) is 0 Å². The zero-order valence-electron chi connectivity index (χ0n) is 10.8. The molecule has 0 spiro atoms. The average molecular weight is 266 g/mol. The number of aromatic hydroxyl groups is 2. The van der Waals surface area contributed by atoms with Gasteiger partial charge in [0.2, 0.25) is 0 Å². The molecule has 0 radical (unpaired) electrons. The van der Waals surface area contributed by atoms with Crippen LogP contribution in [0, 0.1) is 0 Å². The van der Waals surface area contributed by atoms with Crippen molar-refractivity contribution in [3.63, 3.8) is 0 Å². The van der Waals surface area contributed by atoms with E-state index < -0.39 is 0 Å². The van der Waals surface area contributed by atoms with Crippen LogP contribution in [0.15, 0.2) is 59.5 Å². The summed E-state index contributed by atoms with van der Waals surface area (Å²) < 4.78 is 5.89. The Labute approximate surface area is 116 Å². The van der Waals surface area contributed by atoms with Gasteiger partial charge in [-0.3, -0.25) is 0 Å². The predicted molar refractivity (Wildman–Crippen MR) is 78.9 cm³/mol. The van der Waals surface area contributed by atoms with E-state index in [0.717, 1.165) is 22.1 Å². The molecule has 1 aromatic heterocycles. The first-order chi connectivity index (χ1) is 9.67. The second kappa shape index (κ2) is 4.78. The third kappa shape index (κ3) is 2.14. The Hall–Kier alpha value is -2.68. The lowest BCUT2D eigenvalue weighted by molar-refractivity contribution is 0.474. The highest BCUT2D eigenvalue weighted by atomic mass is 16.3. The standard InChI is InChI=1S/C17H14O3/c1-2-3-12-8-15(19)9-13-10-16(20-17(12)13)11-4-6-14(18)7-5-11/h2,4-10,18-19H,1,3H2. The highest BCUT2D eigenvalue weighted by molar-refractivity contribution is 5.86. The Balaban J connectivity index is 2.16. The van der Waals surface area contributed by atoms with E-state index in [-0.39, 0.29) is 11.5 Å². The molecule has 3 heteroatoms. The van der Waals surface area contributed by atoms with Gasteiger partial charge in [0.05, 0.1) is 0 Å². The van der Waals surface area contributed by atoms with Crippen molar-refractivity contribution in [2.24, 2.45) is 0 Å². The van der Waals surface area contributed by atoms with Gasteiger partial charge >= 0.3 is 0 Å². The van der Waals surface area contributed by atoms with Crippen LogP contribution in [0.5, 0.6) is 11.5 Å². The van der Waals surface area contributed by atoms with Crippen LogP contribution in [-0.2, 0) is 6.42 Å². The van der Waals surface area contributed by atoms with E-state index >= 15 is 0 Å². The smallest absolute Gasteiger partial charge is 0.138 e. The zero-order valence-corrected chi connectivity index (χ0v) is 10.8. The molecule has 3 rings (SSSR count). The summed E-state index contributed by atoms with van der Waals surface area (Å²) in [5, 5.41) is 19.9. The molecule has 0 bridgehead atoms. The van der Waals surface area contributed by atoms with Crippen LogP contribution in [0.4, 0.5) is 0 Å². The Kier molecular flexibility index (Phi) is 2.95. The van der Waals surface area contributed by atoms with Crippen molar-refractivity contribution in [1.29, 1.82) is 0 Å². The number of allylic oxidation sites excluding steroid dienone is 1. The molecule has 2 N–H and O–H groups in total. The van der Waals surface area contributed by atoms with Crippen molar-refractivity contribution in [2.75, 3.05) is 0 Å². The molecular weight excluding hydrogens is 252 g/mol. The minimum Gasteiger partial charge on any atom is -0.508 e. The quantitative estimate of drug-likeness (QED) is 0.697. The third-order valence-corrected chi connectivity index (χ3v) is 3.19. The number of rotatable bonds is 3. The average Bonchev–Trinajstić information content (AvgIpc) is 2.83. The monoisotopic (exact) mass is 266 g/mol. The summed E-state index contributed by atoms with van der Waals surface area (Å²) in [5.41, 5.74) is 2.54. The van der Waals surface area contributed by atoms with Gasteiger partial charge in [-0.1, -0.05) is 6.08 Å². The van der Waals surface area contributed by atoms with Crippen molar-refractivity contribution in [1.82, 2.24) is 0 Å². The Morgan fingerprint density at radius 2 is 1.75 bits per heavy atom. The molecule has 1 heterocycles. The van der Waals surface area contributed by atoms with E-state index in [0.29, 0.717) is 12.2 Å². The van der Waals surface area contributed by atoms with E-state index in [2.05, 4.69) is 6.58 Å². The Bertz CT molecular complexity index is 767. The third-order valence-electron chi connectivity index (χ3n) is 3.19. The van der Waals surface area contributed by atoms with Crippen molar-refractivity contribution >= 4 is 11.0 Å². The van der Waals surface area contributed by atoms with Crippen LogP contribution in [-0.4, -0.2) is 10.2 Å². The van der Waals surface area contributed by atoms with Gasteiger partial charge in [0, 0.05) is 16.5 Å². The van der Waals surface area contributed by atoms with Gasteiger partial charge < -0.3 is 14.6 Å². The lowest BCUT2D eigenvalue weighted by Gasteiger charge is -2.00. The molecule has 3 nitrogen and oxygen atoms in total. The topological polar surface area (TPSA) is 53.6 Å². The lowest BCUT2D eigenvalue weighted by Crippen LogP contribution is -1.81. The zero-order chi connectivity index (χ0) is 14.1. The van der Waals surface area contributed by atoms with E-state index in [1.807, 2.05) is 6.07 Å². The minimum atomic E-state index is 0.215. The van der Waals surface area contributed by atoms with E-state index in [1.54, 1.807) is 42.5 Å². The molecule has 0 aliphatic carbocycles. The van der Waals surface area contributed by atoms with Crippen molar-refractivity contribution in [3.05, 3.63) is 60.7 Å². The number of hydrogen-bond donors (Lipinski definition) is 2. The van der Waals surface area contributed by atoms with Gasteiger partial charge in [-0.15, -0.1) is 6.58 Å². The normalized spacial score (nSPS) is 10.8. The SMILES string of the molecule is C=CCc1cc(O)cc2cc(-c3ccc(O)cc3)oc12. The fourth-order valence-corrected chi connectivity index (χ4v) is 2.28. The molecular formula is C17H14O3. The molecule has 20 heavy (non-hydrogen) atoms. The molecule has 2 aromatic carbocycles. The summed E-state index contributed by atoms with van der Waals surface area (Å²) in [6, 6.07) is 12.1. The molecule has 0 fully saturated rings. The van der Waals surface area contributed by atoms with E-state index in [1.165, 1.54) is 0 Å². The molecule has 0 saturated heterocycles. The van der Waals surface area contributed by atoms with Crippen molar-refractivity contribution in [2.45, 2.75) is 6.42 Å². The van der Waals surface area contributed by atoms with Crippen molar-refractivity contribution in [3.8, 4) is 22.8 Å². The van der Waals surface area contributed by atoms with Gasteiger partial charge in [-0.05, 0) is 48.9 Å². The molecule has 0 unspecified atom stereocenters. The maximum absolute atomic E-state index is 9.74. The fraction of sp³-hybridized carbons (Fsp3) is 0.0588. The maximum Gasteiger partial charge on any atom is 0.138 e. The Morgan fingerprint density at radius 1 is 1.00 bits per heavy atom. The fourth-order valence-electron chi connectivity index (χ4n) is 2.28. The van der Waals surface area contributed by atoms with Crippen LogP contribution < -0.4 is 0 Å². The van der Waals surface area contributed by atoms with Crippen LogP contribution >= 0.6 is 0 Å². The van der Waals surface area contributed by atoms with E-state index in [9.17, 15) is 10.2 Å². The van der Waals surface area contributed by atoms with Gasteiger partial charge in [0.15, 0.2) is 0 Å². The van der Waals surface area contributed by atoms with Gasteiger partial charge in [0.1, 0.15) is 22.8 Å². The first-order valence-corrected chi connectivity index (χ1v) is 6.33. The summed E-state index contributed by atoms with van der Waals surface area (Å²) in [7, 11) is 0. The van der Waals surface area contributed by atoms with Gasteiger partial charge in [-0.2, -0.15) is 0 Å². The van der Waals surface area contributed by atoms with Crippen molar-refractivity contribution < 1.29 is 14.6 Å². The predicted octanol–water partition coefficient (Wildman–Crippen LogP) is 4.24. The highest BCUT2D eigenvalue weighted by Gasteiger charge is 2.11. The molecule has 3 aromatic rings. The first-order valence-electron chi connectivity index (χ1n) is 6.33. The number of phenolic OH excluding ortho intramolecular Hbond substituents is 2. The summed E-state index contributed by atoms with van der Waals surface area (Å²) >= 11 is 0. The number of benzene rings is 2. The van der Waals surface area contributed by atoms with Crippen LogP contribution in [0.25, 0.3) is 22.3 Å². The van der Waals surface area contributed by atoms with Gasteiger partial charge in [-0.25, -0.2) is 0 Å². The van der Waals surface area contributed by atoms with E-state index in [4.69, 9.17) is 4.42 Å². The first kappa shape index (κ1) is 12.4. The summed E-state index contributed by atoms with van der Waals surface area (Å²) in [6.07, 6.45) is 2.41. The molecule has 0 atom stereocenters. The number of fused-ring (bicyclic) bond motifs is 1. The molecule has 0 aliphatic rings.